The van der Waals surface area contributed by atoms with Crippen molar-refractivity contribution in [2.24, 2.45) is 0 Å². The van der Waals surface area contributed by atoms with E-state index >= 15 is 0 Å². The van der Waals surface area contributed by atoms with Gasteiger partial charge in [-0.3, -0.25) is 4.98 Å². The van der Waals surface area contributed by atoms with Gasteiger partial charge in [-0.05, 0) is 18.4 Å². The summed E-state index contributed by atoms with van der Waals surface area (Å²) in [5.74, 6) is -2.83. The molecule has 0 fully saturated rings. The molecule has 0 spiro atoms. The van der Waals surface area contributed by atoms with Gasteiger partial charge in [0.25, 0.3) is 0 Å². The molecule has 0 bridgehead atoms. The van der Waals surface area contributed by atoms with E-state index < -0.39 is 17.6 Å². The number of benzene rings is 1. The normalized spacial score (nSPS) is 16.4. The molecule has 104 valence electrons. The van der Waals surface area contributed by atoms with E-state index in [1.165, 1.54) is 0 Å². The van der Waals surface area contributed by atoms with Crippen LogP contribution in [0.2, 0.25) is 0 Å². The Morgan fingerprint density at radius 1 is 1.35 bits per heavy atom. The Morgan fingerprint density at radius 3 is 2.70 bits per heavy atom. The van der Waals surface area contributed by atoms with Crippen LogP contribution in [0.25, 0.3) is 10.9 Å². The van der Waals surface area contributed by atoms with Crippen molar-refractivity contribution in [3.8, 4) is 0 Å². The minimum absolute atomic E-state index is 0.0635. The number of hydrogen-bond acceptors (Lipinski definition) is 2. The molecule has 0 radical (unpaired) electrons. The fraction of sp³-hybridized carbons (Fsp3) is 0.333. The highest BCUT2D eigenvalue weighted by Gasteiger charge is 2.36. The van der Waals surface area contributed by atoms with Crippen LogP contribution in [-0.4, -0.2) is 16.1 Å². The number of hydrogen-bond donors (Lipinski definition) is 1. The zero-order chi connectivity index (χ0) is 14.7. The number of carboxylic acids is 1. The number of aromatic nitrogens is 1. The fourth-order valence-corrected chi connectivity index (χ4v) is 2.95. The SMILES string of the molecule is CC1(C)CCc2c1nc1cc(F)cc(F)c1c2C(=O)O. The molecular weight excluding hydrogens is 264 g/mol. The molecule has 0 unspecified atom stereocenters. The van der Waals surface area contributed by atoms with Gasteiger partial charge >= 0.3 is 5.97 Å². The molecule has 0 atom stereocenters. The van der Waals surface area contributed by atoms with E-state index in [2.05, 4.69) is 4.98 Å². The lowest BCUT2D eigenvalue weighted by molar-refractivity contribution is 0.0697. The van der Waals surface area contributed by atoms with Gasteiger partial charge in [-0.2, -0.15) is 0 Å². The van der Waals surface area contributed by atoms with Crippen molar-refractivity contribution in [1.29, 1.82) is 0 Å². The lowest BCUT2D eigenvalue weighted by Crippen LogP contribution is -2.16. The van der Waals surface area contributed by atoms with Gasteiger partial charge in [-0.15, -0.1) is 0 Å². The Bertz CT molecular complexity index is 753. The quantitative estimate of drug-likeness (QED) is 0.868. The number of aromatic carboxylic acids is 1. The van der Waals surface area contributed by atoms with Gasteiger partial charge in [0.15, 0.2) is 0 Å². The van der Waals surface area contributed by atoms with Crippen molar-refractivity contribution < 1.29 is 18.7 Å². The molecule has 5 heteroatoms. The maximum atomic E-state index is 14.0. The second-order valence-electron chi connectivity index (χ2n) is 5.78. The number of pyridine rings is 1. The zero-order valence-electron chi connectivity index (χ0n) is 11.1. The third-order valence-corrected chi connectivity index (χ3v) is 3.96. The van der Waals surface area contributed by atoms with Gasteiger partial charge < -0.3 is 5.11 Å². The van der Waals surface area contributed by atoms with Crippen LogP contribution in [0.15, 0.2) is 12.1 Å². The molecule has 3 rings (SSSR count). The molecule has 1 aliphatic rings. The molecule has 1 aliphatic carbocycles. The van der Waals surface area contributed by atoms with E-state index in [4.69, 9.17) is 0 Å². The maximum Gasteiger partial charge on any atom is 0.336 e. The van der Waals surface area contributed by atoms with Crippen molar-refractivity contribution in [3.05, 3.63) is 40.6 Å². The molecule has 1 aromatic heterocycles. The molecule has 3 nitrogen and oxygen atoms in total. The lowest BCUT2D eigenvalue weighted by Gasteiger charge is -2.19. The first kappa shape index (κ1) is 13.0. The summed E-state index contributed by atoms with van der Waals surface area (Å²) in [6, 6.07) is 1.78. The lowest BCUT2D eigenvalue weighted by atomic mass is 9.89. The molecule has 1 heterocycles. The Hall–Kier alpha value is -2.04. The van der Waals surface area contributed by atoms with Gasteiger partial charge in [0.05, 0.1) is 22.2 Å². The van der Waals surface area contributed by atoms with Crippen LogP contribution in [0.1, 0.15) is 41.9 Å². The van der Waals surface area contributed by atoms with E-state index in [0.29, 0.717) is 23.7 Å². The summed E-state index contributed by atoms with van der Waals surface area (Å²) >= 11 is 0. The summed E-state index contributed by atoms with van der Waals surface area (Å²) < 4.78 is 27.3. The molecule has 1 N–H and O–H groups in total. The highest BCUT2D eigenvalue weighted by molar-refractivity contribution is 6.04. The molecule has 0 saturated heterocycles. The largest absolute Gasteiger partial charge is 0.478 e. The van der Waals surface area contributed by atoms with Crippen LogP contribution in [0.3, 0.4) is 0 Å². The average molecular weight is 277 g/mol. The maximum absolute atomic E-state index is 14.0. The van der Waals surface area contributed by atoms with Gasteiger partial charge in [0.1, 0.15) is 11.6 Å². The highest BCUT2D eigenvalue weighted by atomic mass is 19.1. The van der Waals surface area contributed by atoms with Crippen molar-refractivity contribution in [1.82, 2.24) is 4.98 Å². The second kappa shape index (κ2) is 3.98. The van der Waals surface area contributed by atoms with Crippen LogP contribution in [0, 0.1) is 11.6 Å². The molecule has 0 saturated carbocycles. The number of nitrogens with zero attached hydrogens (tertiary/aromatic N) is 1. The van der Waals surface area contributed by atoms with E-state index in [-0.39, 0.29) is 21.9 Å². The smallest absolute Gasteiger partial charge is 0.336 e. The van der Waals surface area contributed by atoms with E-state index in [9.17, 15) is 18.7 Å². The van der Waals surface area contributed by atoms with E-state index in [1.54, 1.807) is 0 Å². The highest BCUT2D eigenvalue weighted by Crippen LogP contribution is 2.41. The number of rotatable bonds is 1. The average Bonchev–Trinajstić information content (AvgIpc) is 2.62. The molecular formula is C15H13F2NO2. The van der Waals surface area contributed by atoms with E-state index in [0.717, 1.165) is 12.5 Å². The first-order valence-corrected chi connectivity index (χ1v) is 6.36. The summed E-state index contributed by atoms with van der Waals surface area (Å²) in [5.41, 5.74) is 0.908. The summed E-state index contributed by atoms with van der Waals surface area (Å²) in [7, 11) is 0. The monoisotopic (exact) mass is 277 g/mol. The first-order valence-electron chi connectivity index (χ1n) is 6.36. The Labute approximate surface area is 114 Å². The van der Waals surface area contributed by atoms with Gasteiger partial charge in [-0.1, -0.05) is 13.8 Å². The summed E-state index contributed by atoms with van der Waals surface area (Å²) in [6.07, 6.45) is 1.29. The fourth-order valence-electron chi connectivity index (χ4n) is 2.95. The van der Waals surface area contributed by atoms with Crippen LogP contribution in [0.4, 0.5) is 8.78 Å². The number of carbonyl (C=O) groups is 1. The van der Waals surface area contributed by atoms with Crippen LogP contribution < -0.4 is 0 Å². The summed E-state index contributed by atoms with van der Waals surface area (Å²) in [6.45, 7) is 3.91. The Kier molecular flexibility index (Phi) is 2.58. The number of halogens is 2. The topological polar surface area (TPSA) is 50.2 Å². The van der Waals surface area contributed by atoms with Crippen molar-refractivity contribution >= 4 is 16.9 Å². The summed E-state index contributed by atoms with van der Waals surface area (Å²) in [4.78, 5) is 15.9. The Balaban J connectivity index is 2.51. The van der Waals surface area contributed by atoms with Crippen LogP contribution in [-0.2, 0) is 11.8 Å². The summed E-state index contributed by atoms with van der Waals surface area (Å²) in [5, 5.41) is 9.32. The van der Waals surface area contributed by atoms with Gasteiger partial charge in [0.2, 0.25) is 0 Å². The third-order valence-electron chi connectivity index (χ3n) is 3.96. The van der Waals surface area contributed by atoms with Crippen molar-refractivity contribution in [2.45, 2.75) is 32.1 Å². The molecule has 20 heavy (non-hydrogen) atoms. The standard InChI is InChI=1S/C15H13F2NO2/c1-15(2)4-3-8-11(14(19)20)12-9(17)5-7(16)6-10(12)18-13(8)15/h5-6H,3-4H2,1-2H3,(H,19,20). The van der Waals surface area contributed by atoms with Crippen LogP contribution in [0.5, 0.6) is 0 Å². The molecule has 2 aromatic rings. The second-order valence-corrected chi connectivity index (χ2v) is 5.78. The minimum Gasteiger partial charge on any atom is -0.478 e. The molecule has 0 amide bonds. The molecule has 1 aromatic carbocycles. The first-order chi connectivity index (χ1) is 9.31. The van der Waals surface area contributed by atoms with Crippen LogP contribution >= 0.6 is 0 Å². The van der Waals surface area contributed by atoms with E-state index in [1.807, 2.05) is 13.8 Å². The number of carboxylic acid groups (broad SMARTS) is 1. The number of fused-ring (bicyclic) bond motifs is 2. The zero-order valence-corrected chi connectivity index (χ0v) is 11.1. The predicted octanol–water partition coefficient (Wildman–Crippen LogP) is 3.44. The van der Waals surface area contributed by atoms with Crippen molar-refractivity contribution in [3.63, 3.8) is 0 Å². The molecule has 0 aliphatic heterocycles. The third kappa shape index (κ3) is 1.69. The Morgan fingerprint density at radius 2 is 2.05 bits per heavy atom. The van der Waals surface area contributed by atoms with Gasteiger partial charge in [-0.25, -0.2) is 13.6 Å². The van der Waals surface area contributed by atoms with Crippen molar-refractivity contribution in [2.75, 3.05) is 0 Å². The predicted molar refractivity (Wildman–Crippen MR) is 70.0 cm³/mol. The van der Waals surface area contributed by atoms with Gasteiger partial charge in [0, 0.05) is 17.5 Å². The minimum atomic E-state index is -1.20.